The zero-order valence-electron chi connectivity index (χ0n) is 11.2. The molecule has 0 unspecified atom stereocenters. The predicted octanol–water partition coefficient (Wildman–Crippen LogP) is 2.41. The van der Waals surface area contributed by atoms with Crippen LogP contribution in [0.1, 0.15) is 17.6 Å². The second-order valence-electron chi connectivity index (χ2n) is 4.25. The number of rotatable bonds is 5. The van der Waals surface area contributed by atoms with Crippen LogP contribution in [0.15, 0.2) is 34.5 Å². The summed E-state index contributed by atoms with van der Waals surface area (Å²) in [4.78, 5) is 16.0. The molecule has 0 aliphatic rings. The molecule has 0 fully saturated rings. The fraction of sp³-hybridized carbons (Fsp3) is 0.231. The summed E-state index contributed by atoms with van der Waals surface area (Å²) in [5.41, 5.74) is 0.565. The zero-order chi connectivity index (χ0) is 15.5. The van der Waals surface area contributed by atoms with E-state index in [4.69, 9.17) is 11.6 Å². The number of carbonyl (C=O) groups is 1. The van der Waals surface area contributed by atoms with Crippen LogP contribution in [-0.2, 0) is 27.7 Å². The van der Waals surface area contributed by atoms with Gasteiger partial charge in [-0.2, -0.15) is 0 Å². The van der Waals surface area contributed by atoms with E-state index in [-0.39, 0.29) is 16.3 Å². The molecule has 1 aromatic carbocycles. The molecule has 0 bridgehead atoms. The van der Waals surface area contributed by atoms with Crippen LogP contribution in [0.2, 0.25) is 5.02 Å². The highest BCUT2D eigenvalue weighted by Crippen LogP contribution is 2.15. The van der Waals surface area contributed by atoms with Crippen molar-refractivity contribution in [1.29, 1.82) is 0 Å². The van der Waals surface area contributed by atoms with Crippen molar-refractivity contribution in [3.63, 3.8) is 0 Å². The lowest BCUT2D eigenvalue weighted by Crippen LogP contribution is -2.31. The van der Waals surface area contributed by atoms with Crippen LogP contribution >= 0.6 is 22.9 Å². The molecule has 1 heterocycles. The number of halogens is 1. The molecule has 0 saturated heterocycles. The molecule has 2 aromatic rings. The number of hydrogen-bond acceptors (Lipinski definition) is 5. The van der Waals surface area contributed by atoms with Crippen LogP contribution in [-0.4, -0.2) is 19.3 Å². The molecule has 1 N–H and O–H groups in total. The Morgan fingerprint density at radius 1 is 1.43 bits per heavy atom. The summed E-state index contributed by atoms with van der Waals surface area (Å²) in [6.07, 6.45) is 0.712. The normalized spacial score (nSPS) is 11.3. The minimum atomic E-state index is -3.91. The molecule has 2 rings (SSSR count). The van der Waals surface area contributed by atoms with Crippen molar-refractivity contribution in [1.82, 2.24) is 9.71 Å². The number of hydrogen-bond donors (Lipinski definition) is 1. The lowest BCUT2D eigenvalue weighted by atomic mass is 10.3. The van der Waals surface area contributed by atoms with Gasteiger partial charge in [0.05, 0.1) is 22.0 Å². The minimum absolute atomic E-state index is 0.0455. The van der Waals surface area contributed by atoms with E-state index in [0.29, 0.717) is 5.69 Å². The molecule has 0 spiro atoms. The Balaban J connectivity index is 2.08. The van der Waals surface area contributed by atoms with E-state index in [0.717, 1.165) is 11.4 Å². The van der Waals surface area contributed by atoms with Gasteiger partial charge in [0.2, 0.25) is 5.91 Å². The summed E-state index contributed by atoms with van der Waals surface area (Å²) in [5, 5.41) is 2.96. The van der Waals surface area contributed by atoms with Gasteiger partial charge >= 0.3 is 0 Å². The van der Waals surface area contributed by atoms with E-state index in [9.17, 15) is 13.2 Å². The Bertz CT molecular complexity index is 756. The molecular formula is C13H13ClN2O3S2. The standard InChI is InChI=1S/C13H13ClN2O3S2/c1-2-13-15-10(8-20-13)7-12(17)16-21(18,19)11-5-3-4-9(14)6-11/h3-6,8H,2,7H2,1H3,(H,16,17). The second-order valence-corrected chi connectivity index (χ2v) is 7.31. The predicted molar refractivity (Wildman–Crippen MR) is 82.0 cm³/mol. The van der Waals surface area contributed by atoms with E-state index in [1.807, 2.05) is 11.6 Å². The minimum Gasteiger partial charge on any atom is -0.274 e. The highest BCUT2D eigenvalue weighted by Gasteiger charge is 2.18. The quantitative estimate of drug-likeness (QED) is 0.903. The third-order valence-electron chi connectivity index (χ3n) is 2.60. The van der Waals surface area contributed by atoms with Gasteiger partial charge in [-0.25, -0.2) is 18.1 Å². The van der Waals surface area contributed by atoms with Crippen molar-refractivity contribution in [2.24, 2.45) is 0 Å². The molecule has 0 saturated carbocycles. The summed E-state index contributed by atoms with van der Waals surface area (Å²) < 4.78 is 26.1. The van der Waals surface area contributed by atoms with Crippen LogP contribution in [0.3, 0.4) is 0 Å². The fourth-order valence-corrected chi connectivity index (χ4v) is 3.67. The van der Waals surface area contributed by atoms with Gasteiger partial charge < -0.3 is 0 Å². The summed E-state index contributed by atoms with van der Waals surface area (Å²) >= 11 is 7.20. The van der Waals surface area contributed by atoms with Crippen LogP contribution in [0, 0.1) is 0 Å². The Hall–Kier alpha value is -1.44. The maximum atomic E-state index is 12.0. The van der Waals surface area contributed by atoms with Crippen molar-refractivity contribution in [2.45, 2.75) is 24.7 Å². The average Bonchev–Trinajstić information content (AvgIpc) is 2.85. The maximum absolute atomic E-state index is 12.0. The van der Waals surface area contributed by atoms with Gasteiger partial charge in [0.25, 0.3) is 10.0 Å². The highest BCUT2D eigenvalue weighted by atomic mass is 35.5. The maximum Gasteiger partial charge on any atom is 0.264 e. The molecule has 8 heteroatoms. The largest absolute Gasteiger partial charge is 0.274 e. The smallest absolute Gasteiger partial charge is 0.264 e. The first-order valence-corrected chi connectivity index (χ1v) is 8.89. The third kappa shape index (κ3) is 4.26. The van der Waals surface area contributed by atoms with E-state index in [1.54, 1.807) is 11.4 Å². The molecule has 0 atom stereocenters. The number of nitrogens with one attached hydrogen (secondary N) is 1. The van der Waals surface area contributed by atoms with Crippen molar-refractivity contribution < 1.29 is 13.2 Å². The number of sulfonamides is 1. The summed E-state index contributed by atoms with van der Waals surface area (Å²) in [6.45, 7) is 1.96. The summed E-state index contributed by atoms with van der Waals surface area (Å²) in [7, 11) is -3.91. The Morgan fingerprint density at radius 2 is 2.19 bits per heavy atom. The van der Waals surface area contributed by atoms with Gasteiger partial charge in [0, 0.05) is 10.4 Å². The molecule has 0 radical (unpaired) electrons. The van der Waals surface area contributed by atoms with E-state index < -0.39 is 15.9 Å². The molecule has 0 aliphatic carbocycles. The Labute approximate surface area is 132 Å². The van der Waals surface area contributed by atoms with E-state index in [1.165, 1.54) is 29.5 Å². The average molecular weight is 345 g/mol. The first-order chi connectivity index (χ1) is 9.90. The number of thiazole rings is 1. The lowest BCUT2D eigenvalue weighted by molar-refractivity contribution is -0.118. The molecule has 5 nitrogen and oxygen atoms in total. The van der Waals surface area contributed by atoms with Crippen molar-refractivity contribution in [2.75, 3.05) is 0 Å². The fourth-order valence-electron chi connectivity index (χ4n) is 1.64. The van der Waals surface area contributed by atoms with Crippen LogP contribution in [0.5, 0.6) is 0 Å². The second kappa shape index (κ2) is 6.55. The number of carbonyl (C=O) groups excluding carboxylic acids is 1. The topological polar surface area (TPSA) is 76.1 Å². The number of aromatic nitrogens is 1. The van der Waals surface area contributed by atoms with Gasteiger partial charge in [0.1, 0.15) is 0 Å². The van der Waals surface area contributed by atoms with Gasteiger partial charge in [0.15, 0.2) is 0 Å². The number of amides is 1. The molecule has 1 amide bonds. The van der Waals surface area contributed by atoms with Crippen LogP contribution < -0.4 is 4.72 Å². The monoisotopic (exact) mass is 344 g/mol. The van der Waals surface area contributed by atoms with E-state index >= 15 is 0 Å². The van der Waals surface area contributed by atoms with Crippen LogP contribution in [0.25, 0.3) is 0 Å². The first kappa shape index (κ1) is 15.9. The summed E-state index contributed by atoms with van der Waals surface area (Å²) in [6, 6.07) is 5.73. The molecule has 112 valence electrons. The van der Waals surface area contributed by atoms with Crippen molar-refractivity contribution in [3.8, 4) is 0 Å². The lowest BCUT2D eigenvalue weighted by Gasteiger charge is -2.06. The zero-order valence-corrected chi connectivity index (χ0v) is 13.6. The Morgan fingerprint density at radius 3 is 2.81 bits per heavy atom. The van der Waals surface area contributed by atoms with Crippen molar-refractivity contribution in [3.05, 3.63) is 45.4 Å². The SMILES string of the molecule is CCc1nc(CC(=O)NS(=O)(=O)c2cccc(Cl)c2)cs1. The van der Waals surface area contributed by atoms with Gasteiger partial charge in [-0.3, -0.25) is 4.79 Å². The van der Waals surface area contributed by atoms with Crippen molar-refractivity contribution >= 4 is 38.9 Å². The third-order valence-corrected chi connectivity index (χ3v) is 5.25. The number of benzene rings is 1. The van der Waals surface area contributed by atoms with Gasteiger partial charge in [-0.15, -0.1) is 11.3 Å². The molecule has 1 aromatic heterocycles. The molecular weight excluding hydrogens is 332 g/mol. The van der Waals surface area contributed by atoms with Crippen LogP contribution in [0.4, 0.5) is 0 Å². The molecule has 0 aliphatic heterocycles. The van der Waals surface area contributed by atoms with Gasteiger partial charge in [-0.05, 0) is 24.6 Å². The molecule has 21 heavy (non-hydrogen) atoms. The Kier molecular flexibility index (Phi) is 4.97. The first-order valence-electron chi connectivity index (χ1n) is 6.15. The highest BCUT2D eigenvalue weighted by molar-refractivity contribution is 7.90. The van der Waals surface area contributed by atoms with E-state index in [2.05, 4.69) is 4.98 Å². The number of aryl methyl sites for hydroxylation is 1. The summed E-state index contributed by atoms with van der Waals surface area (Å²) in [5.74, 6) is -0.622. The van der Waals surface area contributed by atoms with Gasteiger partial charge in [-0.1, -0.05) is 24.6 Å². The number of nitrogens with zero attached hydrogens (tertiary/aromatic N) is 1.